The van der Waals surface area contributed by atoms with E-state index in [-0.39, 0.29) is 0 Å². The summed E-state index contributed by atoms with van der Waals surface area (Å²) in [6.45, 7) is 1.02. The summed E-state index contributed by atoms with van der Waals surface area (Å²) in [4.78, 5) is 15.1. The summed E-state index contributed by atoms with van der Waals surface area (Å²) < 4.78 is 2.01. The molecule has 0 aliphatic rings. The third-order valence-electron chi connectivity index (χ3n) is 3.95. The van der Waals surface area contributed by atoms with Gasteiger partial charge in [0.15, 0.2) is 0 Å². The van der Waals surface area contributed by atoms with Crippen LogP contribution in [0.1, 0.15) is 22.6 Å². The van der Waals surface area contributed by atoms with Crippen molar-refractivity contribution in [2.24, 2.45) is 0 Å². The van der Waals surface area contributed by atoms with E-state index in [9.17, 15) is 4.79 Å². The molecule has 6 heteroatoms. The summed E-state index contributed by atoms with van der Waals surface area (Å²) in [6.07, 6.45) is 3.15. The van der Waals surface area contributed by atoms with E-state index in [1.807, 2.05) is 53.1 Å². The second-order valence-electron chi connectivity index (χ2n) is 5.85. The van der Waals surface area contributed by atoms with Gasteiger partial charge in [0.05, 0.1) is 12.7 Å². The van der Waals surface area contributed by atoms with Crippen LogP contribution in [0.5, 0.6) is 0 Å². The normalized spacial score (nSPS) is 10.1. The maximum atomic E-state index is 10.7. The fraction of sp³-hybridized carbons (Fsp3) is 0.143. The van der Waals surface area contributed by atoms with Crippen LogP contribution in [0.4, 0.5) is 0 Å². The number of aryl methyl sites for hydroxylation is 1. The summed E-state index contributed by atoms with van der Waals surface area (Å²) in [6, 6.07) is 15.1. The van der Waals surface area contributed by atoms with Gasteiger partial charge >= 0.3 is 0 Å². The van der Waals surface area contributed by atoms with Crippen LogP contribution in [0.3, 0.4) is 0 Å². The van der Waals surface area contributed by atoms with E-state index >= 15 is 0 Å². The molecule has 0 radical (unpaired) electrons. The summed E-state index contributed by atoms with van der Waals surface area (Å²) >= 11 is 12.1. The quantitative estimate of drug-likeness (QED) is 0.503. The third-order valence-corrected chi connectivity index (χ3v) is 4.42. The maximum Gasteiger partial charge on any atom is 0.207 e. The number of halogens is 2. The Bertz CT molecular complexity index is 1000. The number of carbonyl (C=O) groups excluding carboxylic acids is 1. The lowest BCUT2D eigenvalue weighted by Gasteiger charge is -2.09. The van der Waals surface area contributed by atoms with Gasteiger partial charge in [-0.05, 0) is 48.2 Å². The van der Waals surface area contributed by atoms with E-state index in [1.54, 1.807) is 6.20 Å². The Morgan fingerprint density at radius 3 is 2.59 bits per heavy atom. The maximum absolute atomic E-state index is 10.7. The zero-order valence-corrected chi connectivity index (χ0v) is 16.0. The lowest BCUT2D eigenvalue weighted by atomic mass is 10.1. The van der Waals surface area contributed by atoms with Gasteiger partial charge in [-0.2, -0.15) is 0 Å². The van der Waals surface area contributed by atoms with Crippen molar-refractivity contribution in [3.05, 3.63) is 87.4 Å². The molecule has 0 bridgehead atoms. The first-order valence-corrected chi connectivity index (χ1v) is 9.15. The number of aromatic nitrogens is 2. The lowest BCUT2D eigenvalue weighted by molar-refractivity contribution is -0.109. The van der Waals surface area contributed by atoms with Crippen molar-refractivity contribution >= 4 is 29.6 Å². The number of nitrogens with one attached hydrogen (secondary N) is 1. The van der Waals surface area contributed by atoms with Crippen molar-refractivity contribution in [2.45, 2.75) is 19.5 Å². The number of hydrogen-bond acceptors (Lipinski definition) is 2. The van der Waals surface area contributed by atoms with Gasteiger partial charge in [-0.15, -0.1) is 0 Å². The molecule has 0 aliphatic heterocycles. The summed E-state index contributed by atoms with van der Waals surface area (Å²) in [5.74, 6) is 7.01. The molecular formula is C21H17Cl2N3O. The predicted molar refractivity (Wildman–Crippen MR) is 108 cm³/mol. The minimum atomic E-state index is 0.345. The molecule has 1 aromatic heterocycles. The number of carbonyl (C=O) groups is 1. The van der Waals surface area contributed by atoms with Crippen molar-refractivity contribution in [2.75, 3.05) is 0 Å². The van der Waals surface area contributed by atoms with E-state index in [0.717, 1.165) is 29.1 Å². The Labute approximate surface area is 168 Å². The van der Waals surface area contributed by atoms with Gasteiger partial charge < -0.3 is 9.88 Å². The lowest BCUT2D eigenvalue weighted by Crippen LogP contribution is -2.16. The van der Waals surface area contributed by atoms with Crippen molar-refractivity contribution < 1.29 is 4.79 Å². The topological polar surface area (TPSA) is 46.9 Å². The number of benzene rings is 2. The Balaban J connectivity index is 1.85. The van der Waals surface area contributed by atoms with Crippen LogP contribution < -0.4 is 5.32 Å². The number of amides is 1. The SMILES string of the molecule is O=CNCc1ncc(C#Cc2cccc(Cl)c2)n1CCc1cccc(Cl)c1. The third kappa shape index (κ3) is 5.37. The number of imidazole rings is 1. The second-order valence-corrected chi connectivity index (χ2v) is 6.72. The molecule has 0 saturated heterocycles. The summed E-state index contributed by atoms with van der Waals surface area (Å²) in [7, 11) is 0. The van der Waals surface area contributed by atoms with Crippen molar-refractivity contribution in [1.82, 2.24) is 14.9 Å². The van der Waals surface area contributed by atoms with Crippen LogP contribution in [-0.2, 0) is 24.3 Å². The zero-order valence-electron chi connectivity index (χ0n) is 14.5. The molecule has 0 unspecified atom stereocenters. The first-order chi connectivity index (χ1) is 13.2. The van der Waals surface area contributed by atoms with Gasteiger partial charge in [0.2, 0.25) is 6.41 Å². The fourth-order valence-corrected chi connectivity index (χ4v) is 3.08. The Kier molecular flexibility index (Phi) is 6.54. The van der Waals surface area contributed by atoms with Gasteiger partial charge in [0.25, 0.3) is 0 Å². The van der Waals surface area contributed by atoms with Gasteiger partial charge in [-0.1, -0.05) is 47.3 Å². The molecule has 27 heavy (non-hydrogen) atoms. The highest BCUT2D eigenvalue weighted by Gasteiger charge is 2.08. The first-order valence-electron chi connectivity index (χ1n) is 8.39. The van der Waals surface area contributed by atoms with E-state index in [1.165, 1.54) is 0 Å². The van der Waals surface area contributed by atoms with Crippen LogP contribution in [-0.4, -0.2) is 16.0 Å². The van der Waals surface area contributed by atoms with E-state index in [4.69, 9.17) is 23.2 Å². The standard InChI is InChI=1S/C21H17Cl2N3O/c22-18-5-1-3-16(11-18)7-8-20-13-25-21(14-24-15-27)26(20)10-9-17-4-2-6-19(23)12-17/h1-6,11-13,15H,9-10,14H2,(H,24,27). The van der Waals surface area contributed by atoms with E-state index in [0.29, 0.717) is 29.5 Å². The molecule has 1 N–H and O–H groups in total. The largest absolute Gasteiger partial charge is 0.351 e. The Hall–Kier alpha value is -2.74. The van der Waals surface area contributed by atoms with Gasteiger partial charge in [-0.3, -0.25) is 4.79 Å². The Morgan fingerprint density at radius 2 is 1.85 bits per heavy atom. The molecule has 0 saturated carbocycles. The average Bonchev–Trinajstić information content (AvgIpc) is 3.05. The minimum Gasteiger partial charge on any atom is -0.351 e. The highest BCUT2D eigenvalue weighted by molar-refractivity contribution is 6.30. The van der Waals surface area contributed by atoms with E-state index < -0.39 is 0 Å². The van der Waals surface area contributed by atoms with Crippen LogP contribution >= 0.6 is 23.2 Å². The predicted octanol–water partition coefficient (Wildman–Crippen LogP) is 4.08. The molecule has 0 atom stereocenters. The highest BCUT2D eigenvalue weighted by Crippen LogP contribution is 2.14. The van der Waals surface area contributed by atoms with Crippen LogP contribution in [0.25, 0.3) is 0 Å². The minimum absolute atomic E-state index is 0.345. The van der Waals surface area contributed by atoms with Crippen molar-refractivity contribution in [3.8, 4) is 11.8 Å². The summed E-state index contributed by atoms with van der Waals surface area (Å²) in [5, 5.41) is 4.01. The smallest absolute Gasteiger partial charge is 0.207 e. The molecule has 1 amide bonds. The molecule has 0 aliphatic carbocycles. The van der Waals surface area contributed by atoms with E-state index in [2.05, 4.69) is 22.1 Å². The zero-order chi connectivity index (χ0) is 19.1. The molecular weight excluding hydrogens is 381 g/mol. The number of nitrogens with zero attached hydrogens (tertiary/aromatic N) is 2. The second kappa shape index (κ2) is 9.27. The molecule has 3 aromatic rings. The van der Waals surface area contributed by atoms with Crippen LogP contribution in [0.2, 0.25) is 10.0 Å². The number of hydrogen-bond donors (Lipinski definition) is 1. The highest BCUT2D eigenvalue weighted by atomic mass is 35.5. The van der Waals surface area contributed by atoms with Gasteiger partial charge in [0, 0.05) is 22.2 Å². The Morgan fingerprint density at radius 1 is 1.07 bits per heavy atom. The van der Waals surface area contributed by atoms with Crippen LogP contribution in [0, 0.1) is 11.8 Å². The molecule has 4 nitrogen and oxygen atoms in total. The average molecular weight is 398 g/mol. The molecule has 0 fully saturated rings. The van der Waals surface area contributed by atoms with Crippen molar-refractivity contribution in [3.63, 3.8) is 0 Å². The molecule has 1 heterocycles. The van der Waals surface area contributed by atoms with Crippen molar-refractivity contribution in [1.29, 1.82) is 0 Å². The molecule has 3 rings (SSSR count). The number of rotatable bonds is 6. The first kappa shape index (κ1) is 19.0. The van der Waals surface area contributed by atoms with Gasteiger partial charge in [0.1, 0.15) is 11.5 Å². The molecule has 2 aromatic carbocycles. The van der Waals surface area contributed by atoms with Crippen LogP contribution in [0.15, 0.2) is 54.7 Å². The molecule has 0 spiro atoms. The van der Waals surface area contributed by atoms with Gasteiger partial charge in [-0.25, -0.2) is 4.98 Å². The molecule has 136 valence electrons. The monoisotopic (exact) mass is 397 g/mol. The summed E-state index contributed by atoms with van der Waals surface area (Å²) in [5.41, 5.74) is 2.73. The fourth-order valence-electron chi connectivity index (χ4n) is 2.67.